The van der Waals surface area contributed by atoms with E-state index in [1.54, 1.807) is 4.90 Å². The smallest absolute Gasteiger partial charge is 0.254 e. The fraction of sp³-hybridized carbons (Fsp3) is 0.650. The van der Waals surface area contributed by atoms with Crippen LogP contribution in [0.5, 0.6) is 5.75 Å². The third-order valence-electron chi connectivity index (χ3n) is 5.32. The number of benzene rings is 1. The lowest BCUT2D eigenvalue weighted by molar-refractivity contribution is -0.143. The normalized spacial score (nSPS) is 20.8. The van der Waals surface area contributed by atoms with Gasteiger partial charge in [0, 0.05) is 32.7 Å². The Bertz CT molecular complexity index is 581. The van der Waals surface area contributed by atoms with Crippen molar-refractivity contribution in [3.8, 4) is 5.75 Å². The minimum Gasteiger partial charge on any atom is -0.490 e. The number of hydrogen-bond donors (Lipinski definition) is 1. The Morgan fingerprint density at radius 3 is 2.62 bits per heavy atom. The molecule has 0 aliphatic carbocycles. The number of aliphatic hydroxyl groups is 1. The standard InChI is InChI=1S/C20H30N2O4/c1-16-4-2-3-5-19(16)26-15-18(23)20(24)22-8-6-17(7-9-22)14-21-10-12-25-13-11-21/h2-5,17-18,23H,6-15H2,1H3/t18-/m0/s1. The summed E-state index contributed by atoms with van der Waals surface area (Å²) in [7, 11) is 0. The van der Waals surface area contributed by atoms with Crippen molar-refractivity contribution >= 4 is 5.91 Å². The topological polar surface area (TPSA) is 62.2 Å². The molecule has 0 bridgehead atoms. The quantitative estimate of drug-likeness (QED) is 0.827. The van der Waals surface area contributed by atoms with Crippen LogP contribution in [0, 0.1) is 12.8 Å². The van der Waals surface area contributed by atoms with Crippen molar-refractivity contribution in [2.75, 3.05) is 52.5 Å². The van der Waals surface area contributed by atoms with Crippen LogP contribution in [-0.4, -0.2) is 79.5 Å². The molecule has 1 aromatic rings. The van der Waals surface area contributed by atoms with Gasteiger partial charge in [0.1, 0.15) is 12.4 Å². The molecule has 6 nitrogen and oxygen atoms in total. The van der Waals surface area contributed by atoms with E-state index >= 15 is 0 Å². The Hall–Kier alpha value is -1.63. The summed E-state index contributed by atoms with van der Waals surface area (Å²) in [6, 6.07) is 7.62. The van der Waals surface area contributed by atoms with E-state index in [2.05, 4.69) is 4.90 Å². The van der Waals surface area contributed by atoms with Gasteiger partial charge in [0.2, 0.25) is 0 Å². The first-order valence-corrected chi connectivity index (χ1v) is 9.59. The predicted molar refractivity (Wildman–Crippen MR) is 99.2 cm³/mol. The van der Waals surface area contributed by atoms with Crippen LogP contribution in [0.4, 0.5) is 0 Å². The summed E-state index contributed by atoms with van der Waals surface area (Å²) in [5.74, 6) is 1.12. The Morgan fingerprint density at radius 1 is 1.23 bits per heavy atom. The molecule has 1 aromatic carbocycles. The molecular formula is C20H30N2O4. The van der Waals surface area contributed by atoms with E-state index in [9.17, 15) is 9.90 Å². The van der Waals surface area contributed by atoms with Crippen molar-refractivity contribution < 1.29 is 19.4 Å². The van der Waals surface area contributed by atoms with Crippen molar-refractivity contribution in [1.29, 1.82) is 0 Å². The van der Waals surface area contributed by atoms with Crippen LogP contribution in [0.2, 0.25) is 0 Å². The first-order valence-electron chi connectivity index (χ1n) is 9.59. The number of likely N-dealkylation sites (tertiary alicyclic amines) is 1. The van der Waals surface area contributed by atoms with Crippen LogP contribution in [-0.2, 0) is 9.53 Å². The number of carbonyl (C=O) groups excluding carboxylic acids is 1. The molecule has 2 aliphatic heterocycles. The van der Waals surface area contributed by atoms with Gasteiger partial charge in [0.25, 0.3) is 5.91 Å². The fourth-order valence-electron chi connectivity index (χ4n) is 3.65. The molecule has 0 unspecified atom stereocenters. The van der Waals surface area contributed by atoms with Gasteiger partial charge in [-0.25, -0.2) is 0 Å². The summed E-state index contributed by atoms with van der Waals surface area (Å²) in [6.45, 7) is 8.13. The number of aryl methyl sites for hydroxylation is 1. The number of para-hydroxylation sites is 1. The zero-order valence-corrected chi connectivity index (χ0v) is 15.6. The number of hydrogen-bond acceptors (Lipinski definition) is 5. The van der Waals surface area contributed by atoms with Gasteiger partial charge in [-0.3, -0.25) is 9.69 Å². The second-order valence-corrected chi connectivity index (χ2v) is 7.27. The van der Waals surface area contributed by atoms with Crippen molar-refractivity contribution in [1.82, 2.24) is 9.80 Å². The predicted octanol–water partition coefficient (Wildman–Crippen LogP) is 1.31. The maximum atomic E-state index is 12.5. The molecular weight excluding hydrogens is 332 g/mol. The van der Waals surface area contributed by atoms with Crippen LogP contribution in [0.1, 0.15) is 18.4 Å². The molecule has 2 saturated heterocycles. The maximum Gasteiger partial charge on any atom is 0.254 e. The summed E-state index contributed by atoms with van der Waals surface area (Å²) < 4.78 is 11.0. The Balaban J connectivity index is 1.40. The van der Waals surface area contributed by atoms with Crippen molar-refractivity contribution in [3.63, 3.8) is 0 Å². The van der Waals surface area contributed by atoms with Gasteiger partial charge in [-0.1, -0.05) is 18.2 Å². The number of amides is 1. The van der Waals surface area contributed by atoms with E-state index < -0.39 is 6.10 Å². The first-order chi connectivity index (χ1) is 12.6. The zero-order valence-electron chi connectivity index (χ0n) is 15.6. The lowest BCUT2D eigenvalue weighted by Gasteiger charge is -2.36. The van der Waals surface area contributed by atoms with Crippen molar-refractivity contribution in [2.24, 2.45) is 5.92 Å². The van der Waals surface area contributed by atoms with E-state index in [4.69, 9.17) is 9.47 Å². The van der Waals surface area contributed by atoms with Crippen LogP contribution >= 0.6 is 0 Å². The van der Waals surface area contributed by atoms with Crippen molar-refractivity contribution in [3.05, 3.63) is 29.8 Å². The second-order valence-electron chi connectivity index (χ2n) is 7.27. The van der Waals surface area contributed by atoms with Gasteiger partial charge in [0.15, 0.2) is 6.10 Å². The Kier molecular flexibility index (Phi) is 6.88. The SMILES string of the molecule is Cc1ccccc1OC[C@H](O)C(=O)N1CCC(CN2CCOCC2)CC1. The zero-order chi connectivity index (χ0) is 18.4. The van der Waals surface area contributed by atoms with Crippen LogP contribution in [0.15, 0.2) is 24.3 Å². The van der Waals surface area contributed by atoms with E-state index in [-0.39, 0.29) is 12.5 Å². The van der Waals surface area contributed by atoms with Gasteiger partial charge in [-0.15, -0.1) is 0 Å². The molecule has 144 valence electrons. The highest BCUT2D eigenvalue weighted by Gasteiger charge is 2.28. The van der Waals surface area contributed by atoms with Gasteiger partial charge >= 0.3 is 0 Å². The summed E-state index contributed by atoms with van der Waals surface area (Å²) >= 11 is 0. The van der Waals surface area contributed by atoms with Gasteiger partial charge in [0.05, 0.1) is 13.2 Å². The van der Waals surface area contributed by atoms with E-state index in [1.165, 1.54) is 0 Å². The first kappa shape index (κ1) is 19.1. The summed E-state index contributed by atoms with van der Waals surface area (Å²) in [4.78, 5) is 16.7. The monoisotopic (exact) mass is 362 g/mol. The number of ether oxygens (including phenoxy) is 2. The minimum absolute atomic E-state index is 0.00259. The number of rotatable bonds is 6. The van der Waals surface area contributed by atoms with E-state index in [1.807, 2.05) is 31.2 Å². The second kappa shape index (κ2) is 9.35. The number of piperidine rings is 1. The molecule has 0 aromatic heterocycles. The molecule has 1 amide bonds. The number of carbonyl (C=O) groups is 1. The lowest BCUT2D eigenvalue weighted by atomic mass is 9.95. The minimum atomic E-state index is -1.11. The highest BCUT2D eigenvalue weighted by Crippen LogP contribution is 2.20. The fourth-order valence-corrected chi connectivity index (χ4v) is 3.65. The van der Waals surface area contributed by atoms with Gasteiger partial charge in [-0.05, 0) is 37.3 Å². The van der Waals surface area contributed by atoms with Gasteiger partial charge < -0.3 is 19.5 Å². The summed E-state index contributed by atoms with van der Waals surface area (Å²) in [5, 5.41) is 10.2. The molecule has 1 atom stereocenters. The molecule has 6 heteroatoms. The van der Waals surface area contributed by atoms with E-state index in [0.29, 0.717) is 11.7 Å². The van der Waals surface area contributed by atoms with Gasteiger partial charge in [-0.2, -0.15) is 0 Å². The third kappa shape index (κ3) is 5.19. The highest BCUT2D eigenvalue weighted by molar-refractivity contribution is 5.80. The molecule has 2 heterocycles. The molecule has 0 saturated carbocycles. The highest BCUT2D eigenvalue weighted by atomic mass is 16.5. The van der Waals surface area contributed by atoms with Crippen LogP contribution in [0.25, 0.3) is 0 Å². The number of morpholine rings is 1. The largest absolute Gasteiger partial charge is 0.490 e. The summed E-state index contributed by atoms with van der Waals surface area (Å²) in [5.41, 5.74) is 0.996. The Morgan fingerprint density at radius 2 is 1.92 bits per heavy atom. The average Bonchev–Trinajstić information content (AvgIpc) is 2.68. The lowest BCUT2D eigenvalue weighted by Crippen LogP contribution is -2.47. The van der Waals surface area contributed by atoms with Crippen LogP contribution in [0.3, 0.4) is 0 Å². The van der Waals surface area contributed by atoms with E-state index in [0.717, 1.165) is 64.3 Å². The molecule has 1 N–H and O–H groups in total. The third-order valence-corrected chi connectivity index (χ3v) is 5.32. The molecule has 26 heavy (non-hydrogen) atoms. The maximum absolute atomic E-state index is 12.5. The van der Waals surface area contributed by atoms with Crippen LogP contribution < -0.4 is 4.74 Å². The molecule has 2 fully saturated rings. The number of nitrogens with zero attached hydrogens (tertiary/aromatic N) is 2. The number of aliphatic hydroxyl groups excluding tert-OH is 1. The molecule has 3 rings (SSSR count). The van der Waals surface area contributed by atoms with Crippen molar-refractivity contribution in [2.45, 2.75) is 25.9 Å². The molecule has 2 aliphatic rings. The molecule has 0 spiro atoms. The Labute approximate surface area is 155 Å². The molecule has 0 radical (unpaired) electrons. The average molecular weight is 362 g/mol. The summed E-state index contributed by atoms with van der Waals surface area (Å²) in [6.07, 6.45) is 0.883.